The summed E-state index contributed by atoms with van der Waals surface area (Å²) in [6.45, 7) is 0.526. The van der Waals surface area contributed by atoms with Gasteiger partial charge in [0.15, 0.2) is 0 Å². The first kappa shape index (κ1) is 15.7. The van der Waals surface area contributed by atoms with Crippen LogP contribution in [0.1, 0.15) is 36.1 Å². The summed E-state index contributed by atoms with van der Waals surface area (Å²) in [6.07, 6.45) is 4.82. The molecule has 21 heavy (non-hydrogen) atoms. The molecule has 1 aliphatic carbocycles. The monoisotopic (exact) mass is 306 g/mol. The SMILES string of the molecule is CN(C)C(=O)CCNc1nc2c(cc1C(N)=S)CCCC2. The second kappa shape index (κ2) is 6.85. The van der Waals surface area contributed by atoms with Crippen molar-refractivity contribution in [1.82, 2.24) is 9.88 Å². The predicted molar refractivity (Wildman–Crippen MR) is 88.6 cm³/mol. The zero-order valence-electron chi connectivity index (χ0n) is 12.6. The highest BCUT2D eigenvalue weighted by atomic mass is 32.1. The van der Waals surface area contributed by atoms with Crippen molar-refractivity contribution in [3.05, 3.63) is 22.9 Å². The molecule has 0 bridgehead atoms. The number of carbonyl (C=O) groups is 1. The molecule has 2 rings (SSSR count). The number of pyridine rings is 1. The van der Waals surface area contributed by atoms with Crippen molar-refractivity contribution in [1.29, 1.82) is 0 Å². The fourth-order valence-electron chi connectivity index (χ4n) is 2.47. The van der Waals surface area contributed by atoms with Crippen molar-refractivity contribution < 1.29 is 4.79 Å². The maximum Gasteiger partial charge on any atom is 0.223 e. The number of rotatable bonds is 5. The second-order valence-corrected chi connectivity index (χ2v) is 5.97. The number of carbonyl (C=O) groups excluding carboxylic acids is 1. The Morgan fingerprint density at radius 3 is 2.81 bits per heavy atom. The van der Waals surface area contributed by atoms with E-state index in [0.29, 0.717) is 23.8 Å². The van der Waals surface area contributed by atoms with E-state index in [1.165, 1.54) is 18.4 Å². The van der Waals surface area contributed by atoms with Gasteiger partial charge in [-0.15, -0.1) is 0 Å². The van der Waals surface area contributed by atoms with Gasteiger partial charge in [-0.05, 0) is 37.3 Å². The van der Waals surface area contributed by atoms with Crippen molar-refractivity contribution in [3.8, 4) is 0 Å². The summed E-state index contributed by atoms with van der Waals surface area (Å²) in [5.41, 5.74) is 8.96. The summed E-state index contributed by atoms with van der Waals surface area (Å²) in [5, 5.41) is 3.20. The minimum atomic E-state index is 0.0809. The molecule has 0 fully saturated rings. The first-order valence-corrected chi connectivity index (χ1v) is 7.66. The van der Waals surface area contributed by atoms with Crippen molar-refractivity contribution >= 4 is 28.9 Å². The number of anilines is 1. The molecule has 1 heterocycles. The molecule has 0 aromatic carbocycles. The number of aryl methyl sites for hydroxylation is 2. The molecule has 0 atom stereocenters. The fraction of sp³-hybridized carbons (Fsp3) is 0.533. The van der Waals surface area contributed by atoms with Crippen LogP contribution in [0.5, 0.6) is 0 Å². The van der Waals surface area contributed by atoms with E-state index in [1.54, 1.807) is 19.0 Å². The Hall–Kier alpha value is -1.69. The molecular weight excluding hydrogens is 284 g/mol. The number of nitrogens with zero attached hydrogens (tertiary/aromatic N) is 2. The molecule has 0 saturated carbocycles. The number of fused-ring (bicyclic) bond motifs is 1. The van der Waals surface area contributed by atoms with E-state index >= 15 is 0 Å². The van der Waals surface area contributed by atoms with E-state index in [0.717, 1.165) is 24.1 Å². The fourth-order valence-corrected chi connectivity index (χ4v) is 2.62. The summed E-state index contributed by atoms with van der Waals surface area (Å²) >= 11 is 5.12. The number of amides is 1. The van der Waals surface area contributed by atoms with E-state index in [1.807, 2.05) is 0 Å². The van der Waals surface area contributed by atoms with Crippen molar-refractivity contribution in [2.24, 2.45) is 5.73 Å². The molecular formula is C15H22N4OS. The smallest absolute Gasteiger partial charge is 0.223 e. The van der Waals surface area contributed by atoms with Gasteiger partial charge in [0, 0.05) is 32.8 Å². The molecule has 1 aliphatic rings. The molecule has 3 N–H and O–H groups in total. The lowest BCUT2D eigenvalue weighted by Crippen LogP contribution is -2.25. The first-order valence-electron chi connectivity index (χ1n) is 7.25. The zero-order valence-corrected chi connectivity index (χ0v) is 13.4. The lowest BCUT2D eigenvalue weighted by molar-refractivity contribution is -0.128. The lowest BCUT2D eigenvalue weighted by atomic mass is 9.94. The molecule has 0 spiro atoms. The van der Waals surface area contributed by atoms with E-state index < -0.39 is 0 Å². The summed E-state index contributed by atoms with van der Waals surface area (Å²) in [5.74, 6) is 0.784. The molecule has 5 nitrogen and oxygen atoms in total. The summed E-state index contributed by atoms with van der Waals surface area (Å²) in [7, 11) is 3.50. The van der Waals surface area contributed by atoms with Crippen LogP contribution in [-0.2, 0) is 17.6 Å². The number of hydrogen-bond acceptors (Lipinski definition) is 4. The third kappa shape index (κ3) is 3.91. The number of aromatic nitrogens is 1. The molecule has 114 valence electrons. The Morgan fingerprint density at radius 2 is 2.14 bits per heavy atom. The zero-order chi connectivity index (χ0) is 15.4. The minimum Gasteiger partial charge on any atom is -0.389 e. The predicted octanol–water partition coefficient (Wildman–Crippen LogP) is 1.48. The minimum absolute atomic E-state index is 0.0809. The number of nitrogens with one attached hydrogen (secondary N) is 1. The van der Waals surface area contributed by atoms with E-state index in [2.05, 4.69) is 16.4 Å². The maximum absolute atomic E-state index is 11.6. The lowest BCUT2D eigenvalue weighted by Gasteiger charge is -2.19. The Bertz CT molecular complexity index is 557. The van der Waals surface area contributed by atoms with Crippen molar-refractivity contribution in [2.45, 2.75) is 32.1 Å². The highest BCUT2D eigenvalue weighted by Gasteiger charge is 2.16. The topological polar surface area (TPSA) is 71.2 Å². The van der Waals surface area contributed by atoms with E-state index in [9.17, 15) is 4.79 Å². The highest BCUT2D eigenvalue weighted by Crippen LogP contribution is 2.24. The maximum atomic E-state index is 11.6. The average molecular weight is 306 g/mol. The van der Waals surface area contributed by atoms with Gasteiger partial charge in [0.1, 0.15) is 10.8 Å². The van der Waals surface area contributed by atoms with Crippen LogP contribution in [0.4, 0.5) is 5.82 Å². The Morgan fingerprint density at radius 1 is 1.43 bits per heavy atom. The molecule has 6 heteroatoms. The molecule has 1 aromatic rings. The number of hydrogen-bond donors (Lipinski definition) is 2. The third-order valence-electron chi connectivity index (χ3n) is 3.70. The Balaban J connectivity index is 2.13. The molecule has 0 saturated heterocycles. The van der Waals surface area contributed by atoms with Crippen LogP contribution >= 0.6 is 12.2 Å². The van der Waals surface area contributed by atoms with Crippen LogP contribution in [0, 0.1) is 0 Å². The van der Waals surface area contributed by atoms with Gasteiger partial charge >= 0.3 is 0 Å². The first-order chi connectivity index (χ1) is 9.99. The van der Waals surface area contributed by atoms with E-state index in [4.69, 9.17) is 18.0 Å². The van der Waals surface area contributed by atoms with Crippen LogP contribution in [-0.4, -0.2) is 41.4 Å². The quantitative estimate of drug-likeness (QED) is 0.806. The largest absolute Gasteiger partial charge is 0.389 e. The van der Waals surface area contributed by atoms with Gasteiger partial charge in [-0.25, -0.2) is 4.98 Å². The summed E-state index contributed by atoms with van der Waals surface area (Å²) < 4.78 is 0. The second-order valence-electron chi connectivity index (χ2n) is 5.53. The Labute approximate surface area is 130 Å². The molecule has 0 unspecified atom stereocenters. The van der Waals surface area contributed by atoms with Crippen LogP contribution in [0.3, 0.4) is 0 Å². The normalized spacial score (nSPS) is 13.4. The highest BCUT2D eigenvalue weighted by molar-refractivity contribution is 7.80. The van der Waals surface area contributed by atoms with Crippen LogP contribution in [0.25, 0.3) is 0 Å². The number of nitrogens with two attached hydrogens (primary N) is 1. The summed E-state index contributed by atoms with van der Waals surface area (Å²) in [4.78, 5) is 18.2. The van der Waals surface area contributed by atoms with Gasteiger partial charge in [0.05, 0.1) is 5.56 Å². The third-order valence-corrected chi connectivity index (χ3v) is 3.92. The van der Waals surface area contributed by atoms with Gasteiger partial charge in [0.2, 0.25) is 5.91 Å². The average Bonchev–Trinajstić information content (AvgIpc) is 2.46. The number of thiocarbonyl (C=S) groups is 1. The van der Waals surface area contributed by atoms with Gasteiger partial charge in [0.25, 0.3) is 0 Å². The van der Waals surface area contributed by atoms with E-state index in [-0.39, 0.29) is 5.91 Å². The van der Waals surface area contributed by atoms with Gasteiger partial charge in [-0.2, -0.15) is 0 Å². The van der Waals surface area contributed by atoms with Crippen molar-refractivity contribution in [3.63, 3.8) is 0 Å². The Kier molecular flexibility index (Phi) is 5.12. The molecule has 0 radical (unpaired) electrons. The molecule has 1 aromatic heterocycles. The van der Waals surface area contributed by atoms with Gasteiger partial charge in [-0.1, -0.05) is 12.2 Å². The van der Waals surface area contributed by atoms with Gasteiger partial charge in [-0.3, -0.25) is 4.79 Å². The van der Waals surface area contributed by atoms with Crippen LogP contribution in [0.15, 0.2) is 6.07 Å². The van der Waals surface area contributed by atoms with Gasteiger partial charge < -0.3 is 16.0 Å². The molecule has 0 aliphatic heterocycles. The van der Waals surface area contributed by atoms with Crippen molar-refractivity contribution in [2.75, 3.05) is 26.0 Å². The van der Waals surface area contributed by atoms with Crippen LogP contribution < -0.4 is 11.1 Å². The standard InChI is InChI=1S/C15H22N4OS/c1-19(2)13(20)7-8-17-15-11(14(16)21)9-10-5-3-4-6-12(10)18-15/h9H,3-8H2,1-2H3,(H2,16,21)(H,17,18). The molecule has 1 amide bonds. The van der Waals surface area contributed by atoms with Crippen LogP contribution in [0.2, 0.25) is 0 Å². The summed E-state index contributed by atoms with van der Waals surface area (Å²) in [6, 6.07) is 2.06.